The van der Waals surface area contributed by atoms with Crippen LogP contribution >= 0.6 is 11.6 Å². The van der Waals surface area contributed by atoms with Gasteiger partial charge in [-0.25, -0.2) is 4.79 Å². The number of nitro groups is 1. The molecule has 3 rings (SSSR count). The van der Waals surface area contributed by atoms with E-state index in [0.29, 0.717) is 17.1 Å². The van der Waals surface area contributed by atoms with Crippen LogP contribution in [0.15, 0.2) is 47.5 Å². The van der Waals surface area contributed by atoms with Crippen LogP contribution in [0.5, 0.6) is 5.75 Å². The maximum Gasteiger partial charge on any atom is 0.337 e. The summed E-state index contributed by atoms with van der Waals surface area (Å²) in [5.74, 6) is -0.673. The molecule has 0 aliphatic heterocycles. The molecule has 0 radical (unpaired) electrons. The van der Waals surface area contributed by atoms with Crippen molar-refractivity contribution in [2.45, 2.75) is 13.8 Å². The van der Waals surface area contributed by atoms with E-state index in [1.54, 1.807) is 18.3 Å². The molecule has 0 saturated carbocycles. The fourth-order valence-electron chi connectivity index (χ4n) is 3.16. The van der Waals surface area contributed by atoms with Crippen LogP contribution in [0.25, 0.3) is 5.69 Å². The average Bonchev–Trinajstić information content (AvgIpc) is 2.98. The molecule has 0 aliphatic rings. The minimum Gasteiger partial charge on any atom is -0.494 e. The molecule has 1 aromatic heterocycles. The van der Waals surface area contributed by atoms with Gasteiger partial charge in [-0.15, -0.1) is 0 Å². The molecule has 0 bridgehead atoms. The second kappa shape index (κ2) is 8.38. The molecule has 2 aromatic carbocycles. The Balaban J connectivity index is 2.01. The minimum atomic E-state index is -1.09. The molecular weight excluding hydrogens is 410 g/mol. The molecule has 0 saturated heterocycles. The van der Waals surface area contributed by atoms with E-state index in [4.69, 9.17) is 21.4 Å². The number of nitrogens with zero attached hydrogens (tertiary/aromatic N) is 3. The number of hydrogen-bond donors (Lipinski definition) is 1. The summed E-state index contributed by atoms with van der Waals surface area (Å²) in [4.78, 5) is 26.1. The zero-order chi connectivity index (χ0) is 22.0. The smallest absolute Gasteiger partial charge is 0.337 e. The first-order chi connectivity index (χ1) is 14.2. The van der Waals surface area contributed by atoms with Gasteiger partial charge in [0.15, 0.2) is 0 Å². The van der Waals surface area contributed by atoms with E-state index >= 15 is 0 Å². The number of nitro benzene ring substituents is 1. The maximum atomic E-state index is 11.2. The Kier molecular flexibility index (Phi) is 5.89. The van der Waals surface area contributed by atoms with Gasteiger partial charge in [-0.2, -0.15) is 0 Å². The Hall–Kier alpha value is -3.65. The molecular formula is C21H18ClN3O5. The molecule has 0 spiro atoms. The van der Waals surface area contributed by atoms with Gasteiger partial charge in [-0.3, -0.25) is 15.1 Å². The number of aromatic nitrogens is 1. The van der Waals surface area contributed by atoms with E-state index in [0.717, 1.165) is 17.0 Å². The third-order valence-electron chi connectivity index (χ3n) is 4.63. The third kappa shape index (κ3) is 4.04. The molecule has 1 heterocycles. The number of aliphatic imine (C=N–C) groups is 1. The van der Waals surface area contributed by atoms with Crippen LogP contribution in [0.1, 0.15) is 27.3 Å². The summed E-state index contributed by atoms with van der Waals surface area (Å²) in [5, 5.41) is 20.3. The van der Waals surface area contributed by atoms with Crippen LogP contribution in [-0.4, -0.2) is 33.9 Å². The van der Waals surface area contributed by atoms with Gasteiger partial charge in [0.1, 0.15) is 11.4 Å². The molecule has 154 valence electrons. The molecule has 3 aromatic rings. The van der Waals surface area contributed by atoms with Gasteiger partial charge in [0.2, 0.25) is 0 Å². The highest BCUT2D eigenvalue weighted by molar-refractivity contribution is 6.33. The Labute approximate surface area is 177 Å². The SMILES string of the molecule is COc1ccc([N+](=O)[O-])cc1N=Cc1cc(C)n(-c2ccc(C(=O)O)c(Cl)c2)c1C. The van der Waals surface area contributed by atoms with Gasteiger partial charge < -0.3 is 14.4 Å². The Bertz CT molecular complexity index is 1180. The lowest BCUT2D eigenvalue weighted by Gasteiger charge is -2.11. The van der Waals surface area contributed by atoms with Crippen molar-refractivity contribution in [3.8, 4) is 11.4 Å². The number of carboxylic acids is 1. The largest absolute Gasteiger partial charge is 0.494 e. The normalized spacial score (nSPS) is 11.1. The Morgan fingerprint density at radius 1 is 1.23 bits per heavy atom. The summed E-state index contributed by atoms with van der Waals surface area (Å²) < 4.78 is 7.16. The van der Waals surface area contributed by atoms with Crippen molar-refractivity contribution in [2.75, 3.05) is 7.11 Å². The number of aromatic carboxylic acids is 1. The van der Waals surface area contributed by atoms with Crippen LogP contribution < -0.4 is 4.74 Å². The summed E-state index contributed by atoms with van der Waals surface area (Å²) in [6, 6.07) is 10.8. The van der Waals surface area contributed by atoms with E-state index in [1.807, 2.05) is 24.5 Å². The molecule has 9 heteroatoms. The summed E-state index contributed by atoms with van der Waals surface area (Å²) in [6.07, 6.45) is 1.60. The highest BCUT2D eigenvalue weighted by atomic mass is 35.5. The number of carbonyl (C=O) groups is 1. The molecule has 30 heavy (non-hydrogen) atoms. The van der Waals surface area contributed by atoms with Crippen molar-refractivity contribution < 1.29 is 19.6 Å². The number of halogens is 1. The van der Waals surface area contributed by atoms with Crippen LogP contribution in [0.2, 0.25) is 5.02 Å². The lowest BCUT2D eigenvalue weighted by Crippen LogP contribution is -2.02. The molecule has 0 atom stereocenters. The second-order valence-electron chi connectivity index (χ2n) is 6.50. The van der Waals surface area contributed by atoms with Crippen LogP contribution in [0.4, 0.5) is 11.4 Å². The number of rotatable bonds is 6. The number of hydrogen-bond acceptors (Lipinski definition) is 5. The van der Waals surface area contributed by atoms with E-state index in [2.05, 4.69) is 4.99 Å². The summed E-state index contributed by atoms with van der Waals surface area (Å²) in [5.41, 5.74) is 3.53. The summed E-state index contributed by atoms with van der Waals surface area (Å²) >= 11 is 6.11. The molecule has 0 fully saturated rings. The second-order valence-corrected chi connectivity index (χ2v) is 6.91. The predicted octanol–water partition coefficient (Wildman–Crippen LogP) is 5.11. The van der Waals surface area contributed by atoms with Crippen molar-refractivity contribution in [3.63, 3.8) is 0 Å². The highest BCUT2D eigenvalue weighted by Gasteiger charge is 2.14. The van der Waals surface area contributed by atoms with Gasteiger partial charge in [0.05, 0.1) is 22.6 Å². The lowest BCUT2D eigenvalue weighted by atomic mass is 10.2. The topological polar surface area (TPSA) is 107 Å². The fourth-order valence-corrected chi connectivity index (χ4v) is 3.42. The first-order valence-corrected chi connectivity index (χ1v) is 9.19. The summed E-state index contributed by atoms with van der Waals surface area (Å²) in [6.45, 7) is 3.79. The average molecular weight is 428 g/mol. The minimum absolute atomic E-state index is 0.0300. The van der Waals surface area contributed by atoms with Crippen LogP contribution in [0.3, 0.4) is 0 Å². The maximum absolute atomic E-state index is 11.2. The molecule has 8 nitrogen and oxygen atoms in total. The molecule has 1 N–H and O–H groups in total. The van der Waals surface area contributed by atoms with E-state index in [1.165, 1.54) is 31.4 Å². The zero-order valence-corrected chi connectivity index (χ0v) is 17.2. The monoisotopic (exact) mass is 427 g/mol. The quantitative estimate of drug-likeness (QED) is 0.334. The van der Waals surface area contributed by atoms with Gasteiger partial charge >= 0.3 is 5.97 Å². The van der Waals surface area contributed by atoms with Crippen molar-refractivity contribution in [2.24, 2.45) is 4.99 Å². The highest BCUT2D eigenvalue weighted by Crippen LogP contribution is 2.32. The van der Waals surface area contributed by atoms with E-state index in [9.17, 15) is 14.9 Å². The van der Waals surface area contributed by atoms with Gasteiger partial charge in [-0.1, -0.05) is 11.6 Å². The standard InChI is InChI=1S/C21H18ClN3O5/c1-12-8-14(11-23-19-10-16(25(28)29)5-7-20(19)30-3)13(2)24(12)15-4-6-17(21(26)27)18(22)9-15/h4-11H,1-3H3,(H,26,27). The Morgan fingerprint density at radius 3 is 2.57 bits per heavy atom. The summed E-state index contributed by atoms with van der Waals surface area (Å²) in [7, 11) is 1.47. The van der Waals surface area contributed by atoms with Gasteiger partial charge in [-0.05, 0) is 44.2 Å². The number of methoxy groups -OCH3 is 1. The van der Waals surface area contributed by atoms with Gasteiger partial charge in [0.25, 0.3) is 5.69 Å². The lowest BCUT2D eigenvalue weighted by molar-refractivity contribution is -0.384. The zero-order valence-electron chi connectivity index (χ0n) is 16.4. The Morgan fingerprint density at radius 2 is 1.97 bits per heavy atom. The van der Waals surface area contributed by atoms with E-state index < -0.39 is 10.9 Å². The molecule has 0 unspecified atom stereocenters. The fraction of sp³-hybridized carbons (Fsp3) is 0.143. The number of aryl methyl sites for hydroxylation is 1. The van der Waals surface area contributed by atoms with Crippen molar-refractivity contribution in [1.29, 1.82) is 0 Å². The van der Waals surface area contributed by atoms with Crippen molar-refractivity contribution in [3.05, 3.63) is 80.1 Å². The van der Waals surface area contributed by atoms with Crippen LogP contribution in [0, 0.1) is 24.0 Å². The third-order valence-corrected chi connectivity index (χ3v) is 4.94. The van der Waals surface area contributed by atoms with E-state index in [-0.39, 0.29) is 16.3 Å². The van der Waals surface area contributed by atoms with Gasteiger partial charge in [0, 0.05) is 41.0 Å². The number of benzene rings is 2. The number of ether oxygens (including phenoxy) is 1. The van der Waals surface area contributed by atoms with Crippen molar-refractivity contribution >= 4 is 35.2 Å². The van der Waals surface area contributed by atoms with Crippen LogP contribution in [-0.2, 0) is 0 Å². The number of non-ortho nitro benzene ring substituents is 1. The van der Waals surface area contributed by atoms with Crippen molar-refractivity contribution in [1.82, 2.24) is 4.57 Å². The first kappa shape index (κ1) is 21.1. The molecule has 0 amide bonds. The number of carboxylic acid groups (broad SMARTS) is 1. The molecule has 0 aliphatic carbocycles. The first-order valence-electron chi connectivity index (χ1n) is 8.81. The predicted molar refractivity (Wildman–Crippen MR) is 114 cm³/mol.